The van der Waals surface area contributed by atoms with Crippen molar-refractivity contribution in [2.45, 2.75) is 26.3 Å². The standard InChI is InChI=1S/C11H15N3/c1-8(12)4-3-5-10-6-11(13)9(2)14-7-10/h6-8H,4,12-13H2,1-2H3/t8-/m0/s1. The Morgan fingerprint density at radius 2 is 2.29 bits per heavy atom. The van der Waals surface area contributed by atoms with E-state index in [9.17, 15) is 0 Å². The van der Waals surface area contributed by atoms with Crippen molar-refractivity contribution in [3.8, 4) is 11.8 Å². The molecule has 74 valence electrons. The van der Waals surface area contributed by atoms with Crippen molar-refractivity contribution in [3.63, 3.8) is 0 Å². The Bertz CT molecular complexity index is 372. The first-order valence-electron chi connectivity index (χ1n) is 4.56. The molecule has 3 nitrogen and oxygen atoms in total. The van der Waals surface area contributed by atoms with E-state index >= 15 is 0 Å². The highest BCUT2D eigenvalue weighted by Gasteiger charge is 1.94. The highest BCUT2D eigenvalue weighted by Crippen LogP contribution is 2.08. The first-order chi connectivity index (χ1) is 6.59. The largest absolute Gasteiger partial charge is 0.397 e. The van der Waals surface area contributed by atoms with Crippen LogP contribution in [0, 0.1) is 18.8 Å². The lowest BCUT2D eigenvalue weighted by Crippen LogP contribution is -2.12. The summed E-state index contributed by atoms with van der Waals surface area (Å²) in [5.74, 6) is 5.95. The zero-order valence-corrected chi connectivity index (χ0v) is 8.54. The SMILES string of the molecule is Cc1ncc(C#CC[C@H](C)N)cc1N. The van der Waals surface area contributed by atoms with E-state index in [1.54, 1.807) is 6.20 Å². The fourth-order valence-electron chi connectivity index (χ4n) is 0.933. The summed E-state index contributed by atoms with van der Waals surface area (Å²) in [5, 5.41) is 0. The van der Waals surface area contributed by atoms with Gasteiger partial charge in [0.1, 0.15) is 0 Å². The molecule has 0 saturated heterocycles. The lowest BCUT2D eigenvalue weighted by atomic mass is 10.2. The minimum atomic E-state index is 0.109. The van der Waals surface area contributed by atoms with Crippen LogP contribution in [0.1, 0.15) is 24.6 Å². The van der Waals surface area contributed by atoms with E-state index in [1.165, 1.54) is 0 Å². The molecule has 0 unspecified atom stereocenters. The molecule has 0 aliphatic heterocycles. The number of hydrogen-bond acceptors (Lipinski definition) is 3. The number of hydrogen-bond donors (Lipinski definition) is 2. The van der Waals surface area contributed by atoms with Gasteiger partial charge in [-0.2, -0.15) is 0 Å². The molecule has 0 aromatic carbocycles. The van der Waals surface area contributed by atoms with Gasteiger partial charge >= 0.3 is 0 Å². The lowest BCUT2D eigenvalue weighted by Gasteiger charge is -1.98. The number of nitrogens with two attached hydrogens (primary N) is 2. The smallest absolute Gasteiger partial charge is 0.0602 e. The number of nitrogen functional groups attached to an aromatic ring is 1. The average Bonchev–Trinajstić information content (AvgIpc) is 2.10. The number of nitrogens with zero attached hydrogens (tertiary/aromatic N) is 1. The van der Waals surface area contributed by atoms with Crippen molar-refractivity contribution in [1.82, 2.24) is 4.98 Å². The van der Waals surface area contributed by atoms with Crippen molar-refractivity contribution >= 4 is 5.69 Å². The molecule has 1 atom stereocenters. The lowest BCUT2D eigenvalue weighted by molar-refractivity contribution is 0.771. The number of anilines is 1. The van der Waals surface area contributed by atoms with Crippen LogP contribution in [0.5, 0.6) is 0 Å². The molecular weight excluding hydrogens is 174 g/mol. The van der Waals surface area contributed by atoms with Crippen molar-refractivity contribution in [1.29, 1.82) is 0 Å². The minimum absolute atomic E-state index is 0.109. The summed E-state index contributed by atoms with van der Waals surface area (Å²) in [6.45, 7) is 3.80. The van der Waals surface area contributed by atoms with Crippen LogP contribution >= 0.6 is 0 Å². The van der Waals surface area contributed by atoms with E-state index in [0.717, 1.165) is 11.3 Å². The van der Waals surface area contributed by atoms with E-state index in [4.69, 9.17) is 11.5 Å². The van der Waals surface area contributed by atoms with Gasteiger partial charge in [-0.25, -0.2) is 0 Å². The molecule has 0 radical (unpaired) electrons. The summed E-state index contributed by atoms with van der Waals surface area (Å²) < 4.78 is 0. The summed E-state index contributed by atoms with van der Waals surface area (Å²) in [4.78, 5) is 4.12. The normalized spacial score (nSPS) is 11.6. The van der Waals surface area contributed by atoms with E-state index in [1.807, 2.05) is 19.9 Å². The quantitative estimate of drug-likeness (QED) is 0.649. The highest BCUT2D eigenvalue weighted by atomic mass is 14.7. The van der Waals surface area contributed by atoms with Gasteiger partial charge in [0, 0.05) is 24.2 Å². The fourth-order valence-corrected chi connectivity index (χ4v) is 0.933. The Kier molecular flexibility index (Phi) is 3.49. The Labute approximate surface area is 84.5 Å². The maximum Gasteiger partial charge on any atom is 0.0602 e. The maximum absolute atomic E-state index is 5.70. The Morgan fingerprint density at radius 1 is 1.57 bits per heavy atom. The number of aryl methyl sites for hydroxylation is 1. The van der Waals surface area contributed by atoms with Gasteiger partial charge in [-0.1, -0.05) is 11.8 Å². The van der Waals surface area contributed by atoms with Crippen molar-refractivity contribution < 1.29 is 0 Å². The van der Waals surface area contributed by atoms with Crippen LogP contribution in [-0.4, -0.2) is 11.0 Å². The molecule has 0 amide bonds. The first kappa shape index (κ1) is 10.6. The zero-order valence-electron chi connectivity index (χ0n) is 8.54. The number of pyridine rings is 1. The highest BCUT2D eigenvalue weighted by molar-refractivity contribution is 5.48. The van der Waals surface area contributed by atoms with Crippen LogP contribution in [0.15, 0.2) is 12.3 Å². The predicted molar refractivity (Wildman–Crippen MR) is 58.5 cm³/mol. The molecule has 0 saturated carbocycles. The van der Waals surface area contributed by atoms with Crippen molar-refractivity contribution in [3.05, 3.63) is 23.5 Å². The van der Waals surface area contributed by atoms with Gasteiger partial charge in [-0.3, -0.25) is 4.98 Å². The predicted octanol–water partition coefficient (Wildman–Crippen LogP) is 1.06. The molecule has 0 aliphatic rings. The summed E-state index contributed by atoms with van der Waals surface area (Å²) in [7, 11) is 0. The molecule has 3 heteroatoms. The maximum atomic E-state index is 5.70. The molecule has 0 aliphatic carbocycles. The van der Waals surface area contributed by atoms with E-state index in [-0.39, 0.29) is 6.04 Å². The minimum Gasteiger partial charge on any atom is -0.397 e. The van der Waals surface area contributed by atoms with E-state index in [0.29, 0.717) is 12.1 Å². The Hall–Kier alpha value is -1.53. The molecule has 0 bridgehead atoms. The molecule has 4 N–H and O–H groups in total. The van der Waals surface area contributed by atoms with Gasteiger partial charge in [0.2, 0.25) is 0 Å². The first-order valence-corrected chi connectivity index (χ1v) is 4.56. The number of rotatable bonds is 1. The molecule has 1 aromatic heterocycles. The van der Waals surface area contributed by atoms with Gasteiger partial charge < -0.3 is 11.5 Å². The van der Waals surface area contributed by atoms with Gasteiger partial charge in [0.25, 0.3) is 0 Å². The van der Waals surface area contributed by atoms with Crippen LogP contribution in [0.25, 0.3) is 0 Å². The summed E-state index contributed by atoms with van der Waals surface area (Å²) >= 11 is 0. The fraction of sp³-hybridized carbons (Fsp3) is 0.364. The van der Waals surface area contributed by atoms with E-state index < -0.39 is 0 Å². The van der Waals surface area contributed by atoms with Gasteiger partial charge in [0.05, 0.1) is 11.4 Å². The monoisotopic (exact) mass is 189 g/mol. The van der Waals surface area contributed by atoms with Crippen LogP contribution in [0.3, 0.4) is 0 Å². The molecule has 1 heterocycles. The van der Waals surface area contributed by atoms with Gasteiger partial charge in [0.15, 0.2) is 0 Å². The molecule has 1 aromatic rings. The molecule has 0 fully saturated rings. The van der Waals surface area contributed by atoms with Crippen molar-refractivity contribution in [2.75, 3.05) is 5.73 Å². The summed E-state index contributed by atoms with van der Waals surface area (Å²) in [6.07, 6.45) is 2.41. The van der Waals surface area contributed by atoms with Crippen LogP contribution in [-0.2, 0) is 0 Å². The second-order valence-corrected chi connectivity index (χ2v) is 3.38. The number of aromatic nitrogens is 1. The van der Waals surface area contributed by atoms with Gasteiger partial charge in [-0.05, 0) is 19.9 Å². The Balaban J connectivity index is 2.76. The van der Waals surface area contributed by atoms with Crippen molar-refractivity contribution in [2.24, 2.45) is 5.73 Å². The third kappa shape index (κ3) is 3.08. The third-order valence-electron chi connectivity index (χ3n) is 1.78. The third-order valence-corrected chi connectivity index (χ3v) is 1.78. The summed E-state index contributed by atoms with van der Waals surface area (Å²) in [6, 6.07) is 1.94. The molecular formula is C11H15N3. The molecule has 14 heavy (non-hydrogen) atoms. The second-order valence-electron chi connectivity index (χ2n) is 3.38. The van der Waals surface area contributed by atoms with Crippen LogP contribution < -0.4 is 11.5 Å². The Morgan fingerprint density at radius 3 is 2.86 bits per heavy atom. The molecule has 1 rings (SSSR count). The summed E-state index contributed by atoms with van der Waals surface area (Å²) in [5.41, 5.74) is 13.6. The van der Waals surface area contributed by atoms with E-state index in [2.05, 4.69) is 16.8 Å². The van der Waals surface area contributed by atoms with Crippen LogP contribution in [0.4, 0.5) is 5.69 Å². The van der Waals surface area contributed by atoms with Crippen LogP contribution in [0.2, 0.25) is 0 Å². The second kappa shape index (κ2) is 4.64. The zero-order chi connectivity index (χ0) is 10.6. The van der Waals surface area contributed by atoms with Gasteiger partial charge in [-0.15, -0.1) is 0 Å². The molecule has 0 spiro atoms. The topological polar surface area (TPSA) is 64.9 Å². The average molecular weight is 189 g/mol.